The minimum Gasteiger partial charge on any atom is -0.291 e. The fraction of sp³-hybridized carbons (Fsp3) is 0.304. The van der Waals surface area contributed by atoms with Crippen LogP contribution in [0.2, 0.25) is 0 Å². The minimum atomic E-state index is -2.27. The molecule has 0 amide bonds. The number of halogens is 1. The Labute approximate surface area is 177 Å². The summed E-state index contributed by atoms with van der Waals surface area (Å²) in [6.07, 6.45) is 2.02. The lowest BCUT2D eigenvalue weighted by Crippen LogP contribution is -2.25. The standard InChI is InChI=1S/C23H24FN2O3P/c24-17-26(15-16-30(28)29)14-4-5-18-8-10-20(11-9-18)22(19-6-2-1-3-7-19)23(25-27)21-12-13-21/h1-3,6-11,22,25,27H,12-17H2/p+1. The third-order valence-electron chi connectivity index (χ3n) is 4.98. The van der Waals surface area contributed by atoms with E-state index in [9.17, 15) is 14.2 Å². The zero-order valence-electron chi connectivity index (χ0n) is 16.6. The fourth-order valence-corrected chi connectivity index (χ4v) is 3.73. The van der Waals surface area contributed by atoms with Crippen LogP contribution in [0.25, 0.3) is 0 Å². The number of benzene rings is 2. The van der Waals surface area contributed by atoms with Crippen LogP contribution in [0.1, 0.15) is 35.4 Å². The number of nitrogens with one attached hydrogen (secondary N) is 1. The van der Waals surface area contributed by atoms with Crippen LogP contribution in [0.3, 0.4) is 0 Å². The maximum Gasteiger partial charge on any atom is 0.506 e. The molecule has 0 saturated heterocycles. The largest absolute Gasteiger partial charge is 0.506 e. The summed E-state index contributed by atoms with van der Waals surface area (Å²) in [5, 5.41) is 9.75. The molecule has 0 spiro atoms. The van der Waals surface area contributed by atoms with Crippen LogP contribution in [0, 0.1) is 11.8 Å². The molecule has 2 atom stereocenters. The van der Waals surface area contributed by atoms with Crippen molar-refractivity contribution in [2.24, 2.45) is 0 Å². The van der Waals surface area contributed by atoms with Crippen molar-refractivity contribution in [3.63, 3.8) is 0 Å². The quantitative estimate of drug-likeness (QED) is 0.243. The number of rotatable bonds is 9. The summed E-state index contributed by atoms with van der Waals surface area (Å²) in [7, 11) is -2.27. The Kier molecular flexibility index (Phi) is 8.12. The van der Waals surface area contributed by atoms with Gasteiger partial charge in [0, 0.05) is 17.8 Å². The molecule has 1 fully saturated rings. The van der Waals surface area contributed by atoms with Crippen molar-refractivity contribution in [3.8, 4) is 11.8 Å². The highest BCUT2D eigenvalue weighted by Crippen LogP contribution is 2.40. The summed E-state index contributed by atoms with van der Waals surface area (Å²) in [6.45, 7) is -0.319. The second-order valence-electron chi connectivity index (χ2n) is 7.14. The predicted octanol–water partition coefficient (Wildman–Crippen LogP) is 4.16. The molecule has 0 heterocycles. The third-order valence-corrected chi connectivity index (χ3v) is 5.56. The van der Waals surface area contributed by atoms with Crippen LogP contribution >= 0.6 is 8.03 Å². The average molecular weight is 427 g/mol. The van der Waals surface area contributed by atoms with Crippen molar-refractivity contribution in [3.05, 3.63) is 82.6 Å². The van der Waals surface area contributed by atoms with Gasteiger partial charge in [-0.05, 0) is 46.2 Å². The highest BCUT2D eigenvalue weighted by atomic mass is 31.1. The maximum absolute atomic E-state index is 13.0. The van der Waals surface area contributed by atoms with E-state index in [4.69, 9.17) is 4.89 Å². The van der Waals surface area contributed by atoms with Crippen LogP contribution in [0.4, 0.5) is 4.39 Å². The van der Waals surface area contributed by atoms with Crippen molar-refractivity contribution in [2.75, 3.05) is 26.0 Å². The van der Waals surface area contributed by atoms with E-state index in [0.717, 1.165) is 35.2 Å². The van der Waals surface area contributed by atoms with Crippen LogP contribution in [-0.4, -0.2) is 41.1 Å². The number of nitrogens with zero attached hydrogens (tertiary/aromatic N) is 1. The van der Waals surface area contributed by atoms with Crippen molar-refractivity contribution >= 4 is 8.03 Å². The molecule has 0 aliphatic heterocycles. The van der Waals surface area contributed by atoms with E-state index in [0.29, 0.717) is 0 Å². The van der Waals surface area contributed by atoms with E-state index < -0.39 is 14.8 Å². The van der Waals surface area contributed by atoms with Gasteiger partial charge in [0.1, 0.15) is 6.80 Å². The molecule has 2 aromatic rings. The van der Waals surface area contributed by atoms with E-state index in [2.05, 4.69) is 17.3 Å². The Morgan fingerprint density at radius 3 is 2.37 bits per heavy atom. The van der Waals surface area contributed by atoms with Crippen LogP contribution in [0.5, 0.6) is 0 Å². The molecular formula is C23H25FN2O3P+. The zero-order chi connectivity index (χ0) is 21.3. The zero-order valence-corrected chi connectivity index (χ0v) is 17.5. The first-order valence-corrected chi connectivity index (χ1v) is 11.2. The molecule has 3 N–H and O–H groups in total. The monoisotopic (exact) mass is 427 g/mol. The molecule has 3 rings (SSSR count). The smallest absolute Gasteiger partial charge is 0.291 e. The van der Waals surface area contributed by atoms with E-state index in [1.54, 1.807) is 0 Å². The molecule has 2 aromatic carbocycles. The molecular weight excluding hydrogens is 402 g/mol. The molecule has 0 bridgehead atoms. The molecule has 0 radical (unpaired) electrons. The van der Waals surface area contributed by atoms with Gasteiger partial charge in [0.05, 0.1) is 12.5 Å². The molecule has 30 heavy (non-hydrogen) atoms. The number of hydrogen-bond donors (Lipinski definition) is 3. The maximum atomic E-state index is 13.0. The normalized spacial score (nSPS) is 14.0. The summed E-state index contributed by atoms with van der Waals surface area (Å²) in [6, 6.07) is 17.8. The number of hydrogen-bond acceptors (Lipinski definition) is 4. The first kappa shape index (κ1) is 22.1. The Morgan fingerprint density at radius 2 is 1.80 bits per heavy atom. The molecule has 156 valence electrons. The highest BCUT2D eigenvalue weighted by molar-refractivity contribution is 7.38. The van der Waals surface area contributed by atoms with Crippen molar-refractivity contribution in [2.45, 2.75) is 18.8 Å². The Morgan fingerprint density at radius 1 is 1.13 bits per heavy atom. The third kappa shape index (κ3) is 6.22. The number of allylic oxidation sites excluding steroid dienone is 2. The van der Waals surface area contributed by atoms with Crippen molar-refractivity contribution in [1.29, 1.82) is 0 Å². The topological polar surface area (TPSA) is 72.8 Å². The van der Waals surface area contributed by atoms with E-state index in [1.165, 1.54) is 10.5 Å². The molecule has 1 saturated carbocycles. The first-order chi connectivity index (χ1) is 14.6. The van der Waals surface area contributed by atoms with Crippen LogP contribution in [0.15, 0.2) is 65.9 Å². The van der Waals surface area contributed by atoms with Gasteiger partial charge in [-0.1, -0.05) is 54.3 Å². The summed E-state index contributed by atoms with van der Waals surface area (Å²) in [4.78, 5) is 10.2. The van der Waals surface area contributed by atoms with E-state index in [1.807, 2.05) is 54.6 Å². The molecule has 0 aromatic heterocycles. The number of alkyl halides is 1. The molecule has 1 aliphatic carbocycles. The lowest BCUT2D eigenvalue weighted by Gasteiger charge is -2.21. The SMILES string of the molecule is O=[P+](O)CCN(CF)CC#Cc1ccc(C(C(NO)=C2CC2)c2ccccc2)cc1. The molecule has 2 unspecified atom stereocenters. The summed E-state index contributed by atoms with van der Waals surface area (Å²) >= 11 is 0. The van der Waals surface area contributed by atoms with Gasteiger partial charge in [-0.2, -0.15) is 4.89 Å². The highest BCUT2D eigenvalue weighted by Gasteiger charge is 2.26. The Balaban J connectivity index is 1.75. The van der Waals surface area contributed by atoms with E-state index in [-0.39, 0.29) is 25.2 Å². The lowest BCUT2D eigenvalue weighted by atomic mass is 9.87. The average Bonchev–Trinajstić information content (AvgIpc) is 3.60. The van der Waals surface area contributed by atoms with Crippen molar-refractivity contribution in [1.82, 2.24) is 10.4 Å². The molecule has 5 nitrogen and oxygen atoms in total. The van der Waals surface area contributed by atoms with Gasteiger partial charge in [0.25, 0.3) is 0 Å². The Hall–Kier alpha value is -2.55. The van der Waals surface area contributed by atoms with Gasteiger partial charge in [0.2, 0.25) is 0 Å². The van der Waals surface area contributed by atoms with Gasteiger partial charge in [-0.3, -0.25) is 15.6 Å². The van der Waals surface area contributed by atoms with Crippen LogP contribution < -0.4 is 5.48 Å². The molecule has 1 aliphatic rings. The van der Waals surface area contributed by atoms with E-state index >= 15 is 0 Å². The van der Waals surface area contributed by atoms with Gasteiger partial charge >= 0.3 is 8.03 Å². The Bertz CT molecular complexity index is 946. The summed E-state index contributed by atoms with van der Waals surface area (Å²) in [5.41, 5.74) is 7.42. The second kappa shape index (κ2) is 11.0. The minimum absolute atomic E-state index is 0.0350. The summed E-state index contributed by atoms with van der Waals surface area (Å²) in [5.74, 6) is 5.84. The van der Waals surface area contributed by atoms with Crippen molar-refractivity contribution < 1.29 is 19.1 Å². The predicted molar refractivity (Wildman–Crippen MR) is 115 cm³/mol. The van der Waals surface area contributed by atoms with Gasteiger partial charge in [0.15, 0.2) is 6.16 Å². The first-order valence-electron chi connectivity index (χ1n) is 9.80. The number of hydroxylamine groups is 1. The second-order valence-corrected chi connectivity index (χ2v) is 8.30. The summed E-state index contributed by atoms with van der Waals surface area (Å²) < 4.78 is 23.7. The van der Waals surface area contributed by atoms with Gasteiger partial charge < -0.3 is 0 Å². The van der Waals surface area contributed by atoms with Gasteiger partial charge in [-0.15, -0.1) is 0 Å². The fourth-order valence-electron chi connectivity index (χ4n) is 3.27. The van der Waals surface area contributed by atoms with Crippen LogP contribution in [-0.2, 0) is 4.57 Å². The molecule has 7 heteroatoms. The van der Waals surface area contributed by atoms with Gasteiger partial charge in [-0.25, -0.2) is 4.39 Å². The lowest BCUT2D eigenvalue weighted by molar-refractivity contribution is 0.194.